The Hall–Kier alpha value is -0.740. The molecule has 15 heavy (non-hydrogen) atoms. The van der Waals surface area contributed by atoms with Crippen LogP contribution >= 0.6 is 0 Å². The van der Waals surface area contributed by atoms with Gasteiger partial charge in [0.2, 0.25) is 0 Å². The summed E-state index contributed by atoms with van der Waals surface area (Å²) in [4.78, 5) is 10.4. The van der Waals surface area contributed by atoms with Gasteiger partial charge < -0.3 is 5.32 Å². The molecule has 2 nitrogen and oxygen atoms in total. The first-order valence-corrected chi connectivity index (χ1v) is 5.19. The molecule has 0 bridgehead atoms. The summed E-state index contributed by atoms with van der Waals surface area (Å²) >= 11 is 0. The molecule has 0 rings (SSSR count). The molecule has 0 heterocycles. The van der Waals surface area contributed by atoms with Crippen LogP contribution in [-0.4, -0.2) is 18.6 Å². The van der Waals surface area contributed by atoms with Gasteiger partial charge in [-0.2, -0.15) is 13.2 Å². The number of halogens is 3. The van der Waals surface area contributed by atoms with Gasteiger partial charge in [-0.25, -0.2) is 0 Å². The minimum absolute atomic E-state index is 0.108. The number of nitrogens with one attached hydrogen (secondary N) is 1. The molecule has 0 unspecified atom stereocenters. The Morgan fingerprint density at radius 3 is 2.27 bits per heavy atom. The molecule has 0 radical (unpaired) electrons. The minimum atomic E-state index is -4.75. The monoisotopic (exact) mass is 225 g/mol. The number of alkyl halides is 3. The Morgan fingerprint density at radius 1 is 1.20 bits per heavy atom. The molecule has 5 heteroatoms. The van der Waals surface area contributed by atoms with Crippen molar-refractivity contribution in [3.8, 4) is 0 Å². The molecular formula is C10H18F3NO. The van der Waals surface area contributed by atoms with Gasteiger partial charge in [0.05, 0.1) is 0 Å². The molecule has 0 aromatic carbocycles. The maximum Gasteiger partial charge on any atom is 0.471 e. The number of unbranched alkanes of at least 4 members (excludes halogenated alkanes) is 2. The molecule has 0 fully saturated rings. The van der Waals surface area contributed by atoms with Crippen molar-refractivity contribution in [3.63, 3.8) is 0 Å². The quantitative estimate of drug-likeness (QED) is 0.692. The highest BCUT2D eigenvalue weighted by Crippen LogP contribution is 2.14. The second-order valence-corrected chi connectivity index (χ2v) is 4.00. The van der Waals surface area contributed by atoms with E-state index >= 15 is 0 Å². The standard InChI is InChI=1S/C10H18F3NO/c1-8(2)6-4-3-5-7-14-9(15)10(11,12)13/h8H,3-7H2,1-2H3,(H,14,15). The van der Waals surface area contributed by atoms with Gasteiger partial charge in [-0.15, -0.1) is 0 Å². The lowest BCUT2D eigenvalue weighted by atomic mass is 10.1. The Kier molecular flexibility index (Phi) is 6.36. The van der Waals surface area contributed by atoms with E-state index in [9.17, 15) is 18.0 Å². The fraction of sp³-hybridized carbons (Fsp3) is 0.900. The molecule has 0 saturated heterocycles. The zero-order chi connectivity index (χ0) is 11.9. The van der Waals surface area contributed by atoms with Crippen LogP contribution in [0.3, 0.4) is 0 Å². The van der Waals surface area contributed by atoms with E-state index in [1.807, 2.05) is 5.32 Å². The van der Waals surface area contributed by atoms with Crippen LogP contribution in [0.15, 0.2) is 0 Å². The average molecular weight is 225 g/mol. The summed E-state index contributed by atoms with van der Waals surface area (Å²) in [5, 5.41) is 1.85. The molecule has 0 aromatic heterocycles. The normalized spacial score (nSPS) is 11.9. The van der Waals surface area contributed by atoms with Gasteiger partial charge >= 0.3 is 12.1 Å². The topological polar surface area (TPSA) is 29.1 Å². The van der Waals surface area contributed by atoms with Crippen molar-refractivity contribution in [1.82, 2.24) is 5.32 Å². The van der Waals surface area contributed by atoms with Crippen molar-refractivity contribution in [1.29, 1.82) is 0 Å². The Balaban J connectivity index is 3.36. The van der Waals surface area contributed by atoms with Gasteiger partial charge in [-0.3, -0.25) is 4.79 Å². The fourth-order valence-corrected chi connectivity index (χ4v) is 1.16. The summed E-state index contributed by atoms with van der Waals surface area (Å²) in [6, 6.07) is 0. The Labute approximate surface area is 88.2 Å². The summed E-state index contributed by atoms with van der Waals surface area (Å²) in [5.41, 5.74) is 0. The third-order valence-corrected chi connectivity index (χ3v) is 2.00. The number of amides is 1. The lowest BCUT2D eigenvalue weighted by molar-refractivity contribution is -0.173. The van der Waals surface area contributed by atoms with Crippen LogP contribution < -0.4 is 5.32 Å². The van der Waals surface area contributed by atoms with Crippen molar-refractivity contribution in [3.05, 3.63) is 0 Å². The lowest BCUT2D eigenvalue weighted by Gasteiger charge is -2.08. The van der Waals surface area contributed by atoms with E-state index in [-0.39, 0.29) is 6.54 Å². The number of hydrogen-bond donors (Lipinski definition) is 1. The van der Waals surface area contributed by atoms with Gasteiger partial charge in [-0.1, -0.05) is 33.1 Å². The second-order valence-electron chi connectivity index (χ2n) is 4.00. The average Bonchev–Trinajstić information content (AvgIpc) is 2.08. The maximum atomic E-state index is 11.7. The van der Waals surface area contributed by atoms with Crippen LogP contribution in [-0.2, 0) is 4.79 Å². The first-order valence-electron chi connectivity index (χ1n) is 5.19. The summed E-state index contributed by atoms with van der Waals surface area (Å²) in [6.07, 6.45) is -1.21. The summed E-state index contributed by atoms with van der Waals surface area (Å²) in [7, 11) is 0. The zero-order valence-corrected chi connectivity index (χ0v) is 9.16. The number of hydrogen-bond acceptors (Lipinski definition) is 1. The fourth-order valence-electron chi connectivity index (χ4n) is 1.16. The highest BCUT2D eigenvalue weighted by Gasteiger charge is 2.38. The smallest absolute Gasteiger partial charge is 0.348 e. The molecule has 0 atom stereocenters. The Morgan fingerprint density at radius 2 is 1.80 bits per heavy atom. The molecule has 90 valence electrons. The van der Waals surface area contributed by atoms with Crippen LogP contribution in [0.2, 0.25) is 0 Å². The number of carbonyl (C=O) groups is 1. The van der Waals surface area contributed by atoms with Gasteiger partial charge in [0.1, 0.15) is 0 Å². The molecule has 0 aliphatic rings. The predicted octanol–water partition coefficient (Wildman–Crippen LogP) is 2.88. The minimum Gasteiger partial charge on any atom is -0.348 e. The number of rotatable bonds is 6. The van der Waals surface area contributed by atoms with E-state index in [2.05, 4.69) is 13.8 Å². The summed E-state index contributed by atoms with van der Waals surface area (Å²) < 4.78 is 35.2. The van der Waals surface area contributed by atoms with E-state index in [4.69, 9.17) is 0 Å². The van der Waals surface area contributed by atoms with Crippen molar-refractivity contribution in [2.24, 2.45) is 5.92 Å². The van der Waals surface area contributed by atoms with Crippen molar-refractivity contribution >= 4 is 5.91 Å². The van der Waals surface area contributed by atoms with Crippen LogP contribution in [0.25, 0.3) is 0 Å². The van der Waals surface area contributed by atoms with Crippen LogP contribution in [0, 0.1) is 5.92 Å². The Bertz CT molecular complexity index is 190. The third-order valence-electron chi connectivity index (χ3n) is 2.00. The molecule has 1 N–H and O–H groups in total. The van der Waals surface area contributed by atoms with E-state index in [1.165, 1.54) is 0 Å². The molecule has 0 aliphatic heterocycles. The van der Waals surface area contributed by atoms with E-state index < -0.39 is 12.1 Å². The summed E-state index contributed by atoms with van der Waals surface area (Å²) in [6.45, 7) is 4.31. The highest BCUT2D eigenvalue weighted by molar-refractivity contribution is 5.81. The molecule has 0 spiro atoms. The van der Waals surface area contributed by atoms with E-state index in [1.54, 1.807) is 0 Å². The first kappa shape index (κ1) is 14.3. The summed E-state index contributed by atoms with van der Waals surface area (Å²) in [5.74, 6) is -1.22. The van der Waals surface area contributed by atoms with Gasteiger partial charge in [-0.05, 0) is 12.3 Å². The maximum absolute atomic E-state index is 11.7. The molecule has 1 amide bonds. The van der Waals surface area contributed by atoms with Crippen LogP contribution in [0.5, 0.6) is 0 Å². The van der Waals surface area contributed by atoms with Crippen molar-refractivity contribution in [2.75, 3.05) is 6.54 Å². The largest absolute Gasteiger partial charge is 0.471 e. The molecule has 0 aliphatic carbocycles. The lowest BCUT2D eigenvalue weighted by Crippen LogP contribution is -2.37. The molecule has 0 aromatic rings. The SMILES string of the molecule is CC(C)CCCCCNC(=O)C(F)(F)F. The van der Waals surface area contributed by atoms with Gasteiger partial charge in [0.15, 0.2) is 0 Å². The third kappa shape index (κ3) is 8.27. The zero-order valence-electron chi connectivity index (χ0n) is 9.16. The molecular weight excluding hydrogens is 207 g/mol. The predicted molar refractivity (Wildman–Crippen MR) is 52.4 cm³/mol. The second kappa shape index (κ2) is 6.69. The van der Waals surface area contributed by atoms with Gasteiger partial charge in [0, 0.05) is 6.54 Å². The van der Waals surface area contributed by atoms with Crippen LogP contribution in [0.4, 0.5) is 13.2 Å². The van der Waals surface area contributed by atoms with Crippen LogP contribution in [0.1, 0.15) is 39.5 Å². The highest BCUT2D eigenvalue weighted by atomic mass is 19.4. The van der Waals surface area contributed by atoms with Crippen molar-refractivity contribution in [2.45, 2.75) is 45.7 Å². The first-order chi connectivity index (χ1) is 6.84. The van der Waals surface area contributed by atoms with Gasteiger partial charge in [0.25, 0.3) is 0 Å². The van der Waals surface area contributed by atoms with E-state index in [0.29, 0.717) is 12.3 Å². The number of carbonyl (C=O) groups excluding carboxylic acids is 1. The van der Waals surface area contributed by atoms with E-state index in [0.717, 1.165) is 19.3 Å². The van der Waals surface area contributed by atoms with Crippen molar-refractivity contribution < 1.29 is 18.0 Å². The molecule has 0 saturated carbocycles.